The molecule has 264 valence electrons. The van der Waals surface area contributed by atoms with Crippen molar-refractivity contribution in [3.63, 3.8) is 0 Å². The summed E-state index contributed by atoms with van der Waals surface area (Å²) < 4.78 is 9.22. The minimum absolute atomic E-state index is 0.556. The Morgan fingerprint density at radius 1 is 0.411 bits per heavy atom. The lowest BCUT2D eigenvalue weighted by atomic mass is 9.95. The normalized spacial score (nSPS) is 14.2. The summed E-state index contributed by atoms with van der Waals surface area (Å²) in [5.74, 6) is 1.51. The second-order valence-corrected chi connectivity index (χ2v) is 14.2. The third-order valence-corrected chi connectivity index (χ3v) is 10.8. The summed E-state index contributed by atoms with van der Waals surface area (Å²) in [5, 5.41) is 8.14. The predicted octanol–water partition coefficient (Wildman–Crippen LogP) is 12.5. The first kappa shape index (κ1) is 32.0. The zero-order valence-corrected chi connectivity index (χ0v) is 30.3. The van der Waals surface area contributed by atoms with Crippen LogP contribution in [0.25, 0.3) is 71.7 Å². The zero-order valence-electron chi connectivity index (χ0n) is 30.3. The fourth-order valence-electron chi connectivity index (χ4n) is 8.18. The molecular weight excluding hydrogens is 685 g/mol. The molecule has 1 aliphatic heterocycles. The Morgan fingerprint density at radius 2 is 0.964 bits per heavy atom. The van der Waals surface area contributed by atoms with E-state index in [4.69, 9.17) is 14.4 Å². The molecule has 0 saturated heterocycles. The van der Waals surface area contributed by atoms with Crippen molar-refractivity contribution in [2.24, 2.45) is 9.98 Å². The first-order valence-electron chi connectivity index (χ1n) is 18.9. The molecule has 1 atom stereocenters. The summed E-state index contributed by atoms with van der Waals surface area (Å²) in [6.07, 6.45) is -0.556. The van der Waals surface area contributed by atoms with Gasteiger partial charge in [-0.25, -0.2) is 9.98 Å². The highest BCUT2D eigenvalue weighted by Gasteiger charge is 2.25. The maximum atomic E-state index is 6.90. The van der Waals surface area contributed by atoms with Gasteiger partial charge in [0.25, 0.3) is 0 Å². The van der Waals surface area contributed by atoms with Gasteiger partial charge in [0.1, 0.15) is 22.8 Å². The quantitative estimate of drug-likeness (QED) is 0.186. The van der Waals surface area contributed by atoms with E-state index in [-0.39, 0.29) is 0 Å². The van der Waals surface area contributed by atoms with Crippen molar-refractivity contribution in [3.8, 4) is 27.9 Å². The van der Waals surface area contributed by atoms with Crippen molar-refractivity contribution >= 4 is 55.4 Å². The summed E-state index contributed by atoms with van der Waals surface area (Å²) in [6, 6.07) is 68.0. The molecule has 11 rings (SSSR count). The number of fused-ring (bicyclic) bond motifs is 6. The van der Waals surface area contributed by atoms with Crippen molar-refractivity contribution in [2.75, 3.05) is 0 Å². The SMILES string of the molecule is c1ccc(C2=NC(c3cccc4c3oc3cc5c(cc34)c3ccccc3n5-c3ccccc3)N=C(c3cc(-c4ccccc4)cc(-c4ccccc4)c3)N2)cc1. The second kappa shape index (κ2) is 13.1. The Bertz CT molecular complexity index is 3090. The van der Waals surface area contributed by atoms with Crippen molar-refractivity contribution < 1.29 is 4.42 Å². The van der Waals surface area contributed by atoms with Crippen LogP contribution in [0.15, 0.2) is 209 Å². The number of furan rings is 1. The second-order valence-electron chi connectivity index (χ2n) is 14.2. The number of amidine groups is 2. The average Bonchev–Trinajstić information content (AvgIpc) is 3.81. The van der Waals surface area contributed by atoms with Crippen LogP contribution >= 0.6 is 0 Å². The van der Waals surface area contributed by atoms with Crippen LogP contribution in [0, 0.1) is 0 Å². The molecule has 0 saturated carbocycles. The third-order valence-electron chi connectivity index (χ3n) is 10.8. The minimum Gasteiger partial charge on any atom is -0.456 e. The standard InChI is InChI=1S/C51H34N4O/c1-5-16-33(17-6-1)36-28-37(34-18-7-2-8-19-34)30-38(29-36)50-52-49(35-20-9-3-10-21-35)53-51(54-50)42-26-15-25-41-44-31-43-40-24-13-14-27-45(40)55(39-22-11-4-12-23-39)46(43)32-47(44)56-48(41)42/h1-32,51H,(H,52,53,54). The smallest absolute Gasteiger partial charge is 0.173 e. The Morgan fingerprint density at radius 3 is 1.64 bits per heavy atom. The van der Waals surface area contributed by atoms with Crippen LogP contribution in [-0.4, -0.2) is 16.2 Å². The molecule has 1 unspecified atom stereocenters. The van der Waals surface area contributed by atoms with E-state index in [0.29, 0.717) is 0 Å². The molecule has 2 aromatic heterocycles. The molecule has 8 aromatic carbocycles. The largest absolute Gasteiger partial charge is 0.456 e. The molecule has 5 heteroatoms. The highest BCUT2D eigenvalue weighted by atomic mass is 16.3. The third kappa shape index (κ3) is 5.40. The van der Waals surface area contributed by atoms with Gasteiger partial charge in [-0.1, -0.05) is 146 Å². The zero-order chi connectivity index (χ0) is 37.0. The monoisotopic (exact) mass is 718 g/mol. The van der Waals surface area contributed by atoms with E-state index in [1.54, 1.807) is 0 Å². The van der Waals surface area contributed by atoms with Gasteiger partial charge in [-0.05, 0) is 64.7 Å². The van der Waals surface area contributed by atoms with Gasteiger partial charge in [0.05, 0.1) is 11.0 Å². The van der Waals surface area contributed by atoms with Crippen LogP contribution < -0.4 is 5.32 Å². The van der Waals surface area contributed by atoms with E-state index in [0.717, 1.165) is 89.3 Å². The molecule has 56 heavy (non-hydrogen) atoms. The highest BCUT2D eigenvalue weighted by Crippen LogP contribution is 2.41. The molecule has 5 nitrogen and oxygen atoms in total. The predicted molar refractivity (Wildman–Crippen MR) is 231 cm³/mol. The van der Waals surface area contributed by atoms with Crippen molar-refractivity contribution in [3.05, 3.63) is 211 Å². The number of nitrogens with one attached hydrogen (secondary N) is 1. The van der Waals surface area contributed by atoms with Crippen molar-refractivity contribution in [1.82, 2.24) is 9.88 Å². The number of aromatic nitrogens is 1. The Labute approximate surface area is 323 Å². The molecule has 0 spiro atoms. The lowest BCUT2D eigenvalue weighted by molar-refractivity contribution is 0.649. The fraction of sp³-hybridized carbons (Fsp3) is 0.0196. The molecule has 0 fully saturated rings. The van der Waals surface area contributed by atoms with Crippen LogP contribution in [0.4, 0.5) is 0 Å². The minimum atomic E-state index is -0.556. The van der Waals surface area contributed by atoms with E-state index >= 15 is 0 Å². The molecule has 1 aliphatic rings. The summed E-state index contributed by atoms with van der Waals surface area (Å²) in [5.41, 5.74) is 12.4. The first-order chi connectivity index (χ1) is 27.7. The number of para-hydroxylation sites is 3. The number of nitrogens with zero attached hydrogens (tertiary/aromatic N) is 3. The molecule has 0 amide bonds. The number of hydrogen-bond acceptors (Lipinski definition) is 4. The molecule has 3 heterocycles. The highest BCUT2D eigenvalue weighted by molar-refractivity contribution is 6.19. The topological polar surface area (TPSA) is 54.8 Å². The number of benzene rings is 8. The van der Waals surface area contributed by atoms with Gasteiger partial charge in [0.15, 0.2) is 6.17 Å². The molecule has 1 N–H and O–H groups in total. The van der Waals surface area contributed by atoms with Crippen molar-refractivity contribution in [2.45, 2.75) is 6.17 Å². The van der Waals surface area contributed by atoms with Gasteiger partial charge in [0, 0.05) is 50.0 Å². The van der Waals surface area contributed by atoms with E-state index in [1.807, 2.05) is 18.2 Å². The summed E-state index contributed by atoms with van der Waals surface area (Å²) in [7, 11) is 0. The molecule has 10 aromatic rings. The Hall–Kier alpha value is -7.50. The molecule has 0 aliphatic carbocycles. The number of rotatable bonds is 6. The summed E-state index contributed by atoms with van der Waals surface area (Å²) in [4.78, 5) is 10.7. The summed E-state index contributed by atoms with van der Waals surface area (Å²) >= 11 is 0. The average molecular weight is 719 g/mol. The van der Waals surface area contributed by atoms with E-state index in [9.17, 15) is 0 Å². The first-order valence-corrected chi connectivity index (χ1v) is 18.9. The molecule has 0 bridgehead atoms. The van der Waals surface area contributed by atoms with Crippen molar-refractivity contribution in [1.29, 1.82) is 0 Å². The van der Waals surface area contributed by atoms with E-state index in [1.165, 1.54) is 10.8 Å². The van der Waals surface area contributed by atoms with Crippen LogP contribution in [0.5, 0.6) is 0 Å². The van der Waals surface area contributed by atoms with E-state index in [2.05, 4.69) is 186 Å². The molecular formula is C51H34N4O. The van der Waals surface area contributed by atoms with Crippen LogP contribution in [-0.2, 0) is 0 Å². The van der Waals surface area contributed by atoms with Gasteiger partial charge in [-0.15, -0.1) is 0 Å². The van der Waals surface area contributed by atoms with Crippen LogP contribution in [0.3, 0.4) is 0 Å². The van der Waals surface area contributed by atoms with Gasteiger partial charge in [-0.2, -0.15) is 0 Å². The Kier molecular flexibility index (Phi) is 7.49. The number of aliphatic imine (C=N–C) groups is 2. The van der Waals surface area contributed by atoms with Gasteiger partial charge >= 0.3 is 0 Å². The lowest BCUT2D eigenvalue weighted by Crippen LogP contribution is -2.36. The van der Waals surface area contributed by atoms with Gasteiger partial charge in [0.2, 0.25) is 0 Å². The van der Waals surface area contributed by atoms with Gasteiger partial charge in [-0.3, -0.25) is 0 Å². The fourth-order valence-corrected chi connectivity index (χ4v) is 8.18. The summed E-state index contributed by atoms with van der Waals surface area (Å²) in [6.45, 7) is 0. The van der Waals surface area contributed by atoms with E-state index < -0.39 is 6.17 Å². The Balaban J connectivity index is 1.11. The number of hydrogen-bond donors (Lipinski definition) is 1. The van der Waals surface area contributed by atoms with Crippen LogP contribution in [0.1, 0.15) is 22.9 Å². The van der Waals surface area contributed by atoms with Gasteiger partial charge < -0.3 is 14.3 Å². The maximum absolute atomic E-state index is 6.90. The molecule has 0 radical (unpaired) electrons. The van der Waals surface area contributed by atoms with Crippen LogP contribution in [0.2, 0.25) is 0 Å². The maximum Gasteiger partial charge on any atom is 0.173 e. The lowest BCUT2D eigenvalue weighted by Gasteiger charge is -2.23.